The van der Waals surface area contributed by atoms with Gasteiger partial charge in [0, 0.05) is 6.07 Å². The van der Waals surface area contributed by atoms with E-state index in [-0.39, 0.29) is 12.5 Å². The van der Waals surface area contributed by atoms with Crippen molar-refractivity contribution in [1.82, 2.24) is 4.37 Å². The van der Waals surface area contributed by atoms with E-state index >= 15 is 0 Å². The molecule has 1 unspecified atom stereocenters. The third kappa shape index (κ3) is 3.51. The standard InChI is InChI=1S/C10H12N2O3S/c1-3-14-10(13)8-6-9(12-16-8)15-7(2)4-5-11/h6-7H,3-4H2,1-2H3. The van der Waals surface area contributed by atoms with Gasteiger partial charge in [-0.2, -0.15) is 9.64 Å². The second kappa shape index (κ2) is 6.08. The number of ether oxygens (including phenoxy) is 2. The summed E-state index contributed by atoms with van der Waals surface area (Å²) >= 11 is 1.03. The molecule has 86 valence electrons. The highest BCUT2D eigenvalue weighted by Gasteiger charge is 2.13. The van der Waals surface area contributed by atoms with E-state index < -0.39 is 5.97 Å². The van der Waals surface area contributed by atoms with Crippen LogP contribution in [0.3, 0.4) is 0 Å². The van der Waals surface area contributed by atoms with Crippen LogP contribution in [0.5, 0.6) is 5.88 Å². The van der Waals surface area contributed by atoms with Gasteiger partial charge in [-0.3, -0.25) is 0 Å². The Bertz CT molecular complexity index is 397. The van der Waals surface area contributed by atoms with E-state index in [0.29, 0.717) is 17.4 Å². The van der Waals surface area contributed by atoms with Crippen LogP contribution in [-0.2, 0) is 4.74 Å². The first-order valence-electron chi connectivity index (χ1n) is 4.84. The molecular formula is C10H12N2O3S. The van der Waals surface area contributed by atoms with Crippen molar-refractivity contribution in [3.8, 4) is 11.9 Å². The van der Waals surface area contributed by atoms with Crippen molar-refractivity contribution in [2.75, 3.05) is 6.61 Å². The van der Waals surface area contributed by atoms with Gasteiger partial charge in [-0.05, 0) is 25.4 Å². The summed E-state index contributed by atoms with van der Waals surface area (Å²) in [6.45, 7) is 3.84. The van der Waals surface area contributed by atoms with Gasteiger partial charge in [0.05, 0.1) is 19.1 Å². The Labute approximate surface area is 97.8 Å². The molecule has 0 spiro atoms. The fraction of sp³-hybridized carbons (Fsp3) is 0.500. The maximum absolute atomic E-state index is 11.3. The molecule has 5 nitrogen and oxygen atoms in total. The van der Waals surface area contributed by atoms with Crippen LogP contribution >= 0.6 is 11.5 Å². The van der Waals surface area contributed by atoms with E-state index in [1.165, 1.54) is 6.07 Å². The van der Waals surface area contributed by atoms with Crippen LogP contribution in [0.4, 0.5) is 0 Å². The summed E-state index contributed by atoms with van der Waals surface area (Å²) in [6.07, 6.45) is 0.0499. The predicted molar refractivity (Wildman–Crippen MR) is 58.4 cm³/mol. The molecule has 0 aliphatic heterocycles. The summed E-state index contributed by atoms with van der Waals surface area (Å²) in [5.41, 5.74) is 0. The van der Waals surface area contributed by atoms with E-state index in [4.69, 9.17) is 14.7 Å². The fourth-order valence-corrected chi connectivity index (χ4v) is 1.56. The molecule has 0 N–H and O–H groups in total. The van der Waals surface area contributed by atoms with Crippen LogP contribution in [0.15, 0.2) is 6.07 Å². The van der Waals surface area contributed by atoms with Crippen molar-refractivity contribution >= 4 is 17.5 Å². The number of carbonyl (C=O) groups excluding carboxylic acids is 1. The predicted octanol–water partition coefficient (Wildman–Crippen LogP) is 2.00. The zero-order chi connectivity index (χ0) is 12.0. The van der Waals surface area contributed by atoms with Crippen molar-refractivity contribution in [3.05, 3.63) is 10.9 Å². The Kier molecular flexibility index (Phi) is 4.73. The molecule has 0 saturated carbocycles. The van der Waals surface area contributed by atoms with Gasteiger partial charge in [-0.25, -0.2) is 4.79 Å². The third-order valence-corrected chi connectivity index (χ3v) is 2.42. The van der Waals surface area contributed by atoms with Gasteiger partial charge in [0.25, 0.3) is 0 Å². The zero-order valence-corrected chi connectivity index (χ0v) is 9.91. The minimum absolute atomic E-state index is 0.234. The van der Waals surface area contributed by atoms with Gasteiger partial charge in [0.2, 0.25) is 5.88 Å². The van der Waals surface area contributed by atoms with Crippen LogP contribution in [0.1, 0.15) is 29.9 Å². The number of carbonyl (C=O) groups is 1. The van der Waals surface area contributed by atoms with Crippen molar-refractivity contribution in [1.29, 1.82) is 5.26 Å². The molecule has 0 aliphatic carbocycles. The summed E-state index contributed by atoms with van der Waals surface area (Å²) in [7, 11) is 0. The van der Waals surface area contributed by atoms with E-state index in [9.17, 15) is 4.79 Å². The second-order valence-electron chi connectivity index (χ2n) is 3.04. The molecule has 1 atom stereocenters. The molecule has 1 aromatic heterocycles. The molecule has 0 radical (unpaired) electrons. The lowest BCUT2D eigenvalue weighted by atomic mass is 10.3. The monoisotopic (exact) mass is 240 g/mol. The van der Waals surface area contributed by atoms with E-state index in [1.807, 2.05) is 6.07 Å². The van der Waals surface area contributed by atoms with Gasteiger partial charge in [0.1, 0.15) is 11.0 Å². The summed E-state index contributed by atoms with van der Waals surface area (Å²) < 4.78 is 14.1. The number of hydrogen-bond acceptors (Lipinski definition) is 6. The molecule has 16 heavy (non-hydrogen) atoms. The summed E-state index contributed by atoms with van der Waals surface area (Å²) in [4.78, 5) is 11.7. The van der Waals surface area contributed by atoms with E-state index in [2.05, 4.69) is 4.37 Å². The van der Waals surface area contributed by atoms with Crippen LogP contribution in [-0.4, -0.2) is 23.1 Å². The lowest BCUT2D eigenvalue weighted by Crippen LogP contribution is -2.10. The van der Waals surface area contributed by atoms with E-state index in [1.54, 1.807) is 13.8 Å². The first-order valence-corrected chi connectivity index (χ1v) is 5.62. The molecule has 0 aromatic carbocycles. The van der Waals surface area contributed by atoms with Crippen molar-refractivity contribution in [3.63, 3.8) is 0 Å². The van der Waals surface area contributed by atoms with Crippen LogP contribution in [0.25, 0.3) is 0 Å². The summed E-state index contributed by atoms with van der Waals surface area (Å²) in [6, 6.07) is 3.52. The Morgan fingerprint density at radius 3 is 3.12 bits per heavy atom. The molecule has 0 amide bonds. The molecule has 0 fully saturated rings. The maximum Gasteiger partial charge on any atom is 0.350 e. The van der Waals surface area contributed by atoms with E-state index in [0.717, 1.165) is 11.5 Å². The number of esters is 1. The van der Waals surface area contributed by atoms with Gasteiger partial charge < -0.3 is 9.47 Å². The first-order chi connectivity index (χ1) is 7.67. The van der Waals surface area contributed by atoms with Crippen LogP contribution in [0.2, 0.25) is 0 Å². The van der Waals surface area contributed by atoms with Crippen molar-refractivity contribution in [2.45, 2.75) is 26.4 Å². The SMILES string of the molecule is CCOC(=O)c1cc(OC(C)CC#N)ns1. The van der Waals surface area contributed by atoms with Crippen LogP contribution < -0.4 is 4.74 Å². The van der Waals surface area contributed by atoms with Crippen LogP contribution in [0, 0.1) is 11.3 Å². The number of aromatic nitrogens is 1. The Morgan fingerprint density at radius 1 is 1.75 bits per heavy atom. The number of rotatable bonds is 5. The number of nitriles is 1. The zero-order valence-electron chi connectivity index (χ0n) is 9.10. The lowest BCUT2D eigenvalue weighted by molar-refractivity contribution is 0.0531. The van der Waals surface area contributed by atoms with Gasteiger partial charge in [0.15, 0.2) is 0 Å². The van der Waals surface area contributed by atoms with Crippen molar-refractivity contribution in [2.24, 2.45) is 0 Å². The minimum atomic E-state index is -0.400. The molecule has 1 heterocycles. The molecule has 1 rings (SSSR count). The first kappa shape index (κ1) is 12.5. The molecule has 1 aromatic rings. The normalized spacial score (nSPS) is 11.6. The Hall–Kier alpha value is -1.61. The number of hydrogen-bond donors (Lipinski definition) is 0. The largest absolute Gasteiger partial charge is 0.473 e. The summed E-state index contributed by atoms with van der Waals surface area (Å²) in [5.74, 6) is -0.0430. The van der Waals surface area contributed by atoms with Gasteiger partial charge in [-0.15, -0.1) is 0 Å². The maximum atomic E-state index is 11.3. The van der Waals surface area contributed by atoms with Crippen molar-refractivity contribution < 1.29 is 14.3 Å². The Balaban J connectivity index is 2.58. The third-order valence-electron chi connectivity index (χ3n) is 1.67. The highest BCUT2D eigenvalue weighted by molar-refractivity contribution is 7.08. The highest BCUT2D eigenvalue weighted by atomic mass is 32.1. The molecular weight excluding hydrogens is 228 g/mol. The second-order valence-corrected chi connectivity index (χ2v) is 3.85. The molecule has 0 bridgehead atoms. The highest BCUT2D eigenvalue weighted by Crippen LogP contribution is 2.19. The Morgan fingerprint density at radius 2 is 2.50 bits per heavy atom. The summed E-state index contributed by atoms with van der Waals surface area (Å²) in [5, 5.41) is 8.46. The average Bonchev–Trinajstić information content (AvgIpc) is 2.67. The molecule has 6 heteroatoms. The van der Waals surface area contributed by atoms with Gasteiger partial charge >= 0.3 is 5.97 Å². The minimum Gasteiger partial charge on any atom is -0.473 e. The molecule has 0 aliphatic rings. The average molecular weight is 240 g/mol. The number of nitrogens with zero attached hydrogens (tertiary/aromatic N) is 2. The topological polar surface area (TPSA) is 72.2 Å². The fourth-order valence-electron chi connectivity index (χ4n) is 0.989. The molecule has 0 saturated heterocycles. The quantitative estimate of drug-likeness (QED) is 0.736. The smallest absolute Gasteiger partial charge is 0.350 e. The van der Waals surface area contributed by atoms with Gasteiger partial charge in [-0.1, -0.05) is 0 Å². The lowest BCUT2D eigenvalue weighted by Gasteiger charge is -2.06.